The molecule has 0 spiro atoms. The molecule has 128 valence electrons. The molecule has 25 heavy (non-hydrogen) atoms. The molecular weight excluding hydrogens is 306 g/mol. The zero-order valence-electron chi connectivity index (χ0n) is 14.8. The number of aliphatic imine (C=N–C) groups is 1. The summed E-state index contributed by atoms with van der Waals surface area (Å²) in [6, 6.07) is 14.3. The van der Waals surface area contributed by atoms with Crippen LogP contribution in [0.4, 0.5) is 0 Å². The first kappa shape index (κ1) is 17.2. The second-order valence-electron chi connectivity index (χ2n) is 6.54. The van der Waals surface area contributed by atoms with Gasteiger partial charge in [-0.25, -0.2) is 4.98 Å². The van der Waals surface area contributed by atoms with Gasteiger partial charge < -0.3 is 5.73 Å². The van der Waals surface area contributed by atoms with Gasteiger partial charge in [-0.05, 0) is 49.8 Å². The van der Waals surface area contributed by atoms with Crippen molar-refractivity contribution in [2.75, 3.05) is 0 Å². The fourth-order valence-corrected chi connectivity index (χ4v) is 3.08. The maximum atomic E-state index is 6.17. The average molecular weight is 331 g/mol. The summed E-state index contributed by atoms with van der Waals surface area (Å²) in [5.41, 5.74) is 13.0. The minimum atomic E-state index is 0.668. The van der Waals surface area contributed by atoms with Crippen LogP contribution in [0.25, 0.3) is 17.0 Å². The summed E-state index contributed by atoms with van der Waals surface area (Å²) in [6.07, 6.45) is 7.43. The molecule has 3 rings (SSSR count). The number of allylic oxidation sites excluding steroid dienone is 2. The number of hydrogen-bond donors (Lipinski definition) is 1. The molecule has 1 heterocycles. The fraction of sp³-hybridized carbons (Fsp3) is 0.273. The summed E-state index contributed by atoms with van der Waals surface area (Å²) in [4.78, 5) is 9.34. The molecule has 3 heteroatoms. The molecule has 2 aromatic rings. The van der Waals surface area contributed by atoms with Crippen molar-refractivity contribution in [3.8, 4) is 11.3 Å². The van der Waals surface area contributed by atoms with Crippen LogP contribution in [0.15, 0.2) is 65.3 Å². The number of aryl methyl sites for hydroxylation is 1. The molecule has 0 saturated heterocycles. The van der Waals surface area contributed by atoms with Crippen LogP contribution < -0.4 is 5.73 Å². The zero-order valence-corrected chi connectivity index (χ0v) is 14.8. The Morgan fingerprint density at radius 1 is 1.08 bits per heavy atom. The van der Waals surface area contributed by atoms with E-state index in [2.05, 4.69) is 36.7 Å². The molecule has 1 aromatic carbocycles. The molecule has 2 N–H and O–H groups in total. The normalized spacial score (nSPS) is 15.4. The first-order valence-electron chi connectivity index (χ1n) is 8.89. The molecule has 1 aliphatic rings. The van der Waals surface area contributed by atoms with Crippen LogP contribution in [0.2, 0.25) is 0 Å². The van der Waals surface area contributed by atoms with Gasteiger partial charge in [0.2, 0.25) is 0 Å². The quantitative estimate of drug-likeness (QED) is 0.775. The van der Waals surface area contributed by atoms with Gasteiger partial charge in [-0.1, -0.05) is 49.4 Å². The second kappa shape index (κ2) is 7.93. The van der Waals surface area contributed by atoms with E-state index in [1.54, 1.807) is 0 Å². The van der Waals surface area contributed by atoms with E-state index in [1.807, 2.05) is 30.5 Å². The van der Waals surface area contributed by atoms with Crippen molar-refractivity contribution < 1.29 is 0 Å². The van der Waals surface area contributed by atoms with Crippen molar-refractivity contribution in [3.05, 3.63) is 71.6 Å². The van der Waals surface area contributed by atoms with Crippen LogP contribution in [-0.2, 0) is 0 Å². The van der Waals surface area contributed by atoms with E-state index < -0.39 is 0 Å². The molecular formula is C22H25N3. The lowest BCUT2D eigenvalue weighted by Crippen LogP contribution is -2.02. The highest BCUT2D eigenvalue weighted by Crippen LogP contribution is 2.24. The monoisotopic (exact) mass is 331 g/mol. The summed E-state index contributed by atoms with van der Waals surface area (Å²) in [6.45, 7) is 6.17. The predicted molar refractivity (Wildman–Crippen MR) is 106 cm³/mol. The van der Waals surface area contributed by atoms with Crippen LogP contribution in [-0.4, -0.2) is 11.2 Å². The highest BCUT2D eigenvalue weighted by molar-refractivity contribution is 5.84. The lowest BCUT2D eigenvalue weighted by molar-refractivity contribution is 0.708. The van der Waals surface area contributed by atoms with Crippen LogP contribution >= 0.6 is 0 Å². The topological polar surface area (TPSA) is 51.3 Å². The van der Waals surface area contributed by atoms with Crippen molar-refractivity contribution in [1.29, 1.82) is 0 Å². The van der Waals surface area contributed by atoms with E-state index in [0.717, 1.165) is 46.6 Å². The lowest BCUT2D eigenvalue weighted by Gasteiger charge is -2.08. The molecule has 3 nitrogen and oxygen atoms in total. The van der Waals surface area contributed by atoms with Crippen molar-refractivity contribution in [2.24, 2.45) is 10.7 Å². The Morgan fingerprint density at radius 2 is 1.84 bits per heavy atom. The molecule has 1 aromatic heterocycles. The third kappa shape index (κ3) is 4.24. The van der Waals surface area contributed by atoms with E-state index in [9.17, 15) is 0 Å². The second-order valence-corrected chi connectivity index (χ2v) is 6.54. The number of nitrogens with zero attached hydrogens (tertiary/aromatic N) is 2. The average Bonchev–Trinajstić information content (AvgIpc) is 2.85. The van der Waals surface area contributed by atoms with Gasteiger partial charge in [-0.2, -0.15) is 0 Å². The van der Waals surface area contributed by atoms with Gasteiger partial charge in [-0.15, -0.1) is 0 Å². The summed E-state index contributed by atoms with van der Waals surface area (Å²) in [5, 5.41) is 0. The number of hydrogen-bond acceptors (Lipinski definition) is 3. The highest BCUT2D eigenvalue weighted by atomic mass is 14.8. The summed E-state index contributed by atoms with van der Waals surface area (Å²) in [5.74, 6) is 0. The van der Waals surface area contributed by atoms with Gasteiger partial charge >= 0.3 is 0 Å². The Morgan fingerprint density at radius 3 is 2.64 bits per heavy atom. The number of aromatic nitrogens is 1. The Balaban J connectivity index is 1.84. The Kier molecular flexibility index (Phi) is 5.44. The van der Waals surface area contributed by atoms with E-state index in [4.69, 9.17) is 10.7 Å². The maximum Gasteiger partial charge on any atom is 0.0887 e. The SMILES string of the molecule is C=C(N=CC1=C(N)CCCCC1)c1ccc(C)c(-c2ccccc2)n1. The molecule has 0 bridgehead atoms. The molecule has 0 aliphatic heterocycles. The third-order valence-electron chi connectivity index (χ3n) is 4.62. The Labute approximate surface area is 150 Å². The van der Waals surface area contributed by atoms with Crippen molar-refractivity contribution in [3.63, 3.8) is 0 Å². The van der Waals surface area contributed by atoms with Gasteiger partial charge in [0.15, 0.2) is 0 Å². The van der Waals surface area contributed by atoms with Crippen LogP contribution in [0.5, 0.6) is 0 Å². The van der Waals surface area contributed by atoms with Crippen molar-refractivity contribution in [2.45, 2.75) is 39.0 Å². The van der Waals surface area contributed by atoms with Crippen LogP contribution in [0.3, 0.4) is 0 Å². The first-order chi connectivity index (χ1) is 12.1. The largest absolute Gasteiger partial charge is 0.402 e. The number of rotatable bonds is 4. The van der Waals surface area contributed by atoms with E-state index in [1.165, 1.54) is 19.3 Å². The summed E-state index contributed by atoms with van der Waals surface area (Å²) in [7, 11) is 0. The first-order valence-corrected chi connectivity index (χ1v) is 8.89. The molecule has 0 amide bonds. The molecule has 0 atom stereocenters. The fourth-order valence-electron chi connectivity index (χ4n) is 3.08. The minimum Gasteiger partial charge on any atom is -0.402 e. The molecule has 0 saturated carbocycles. The van der Waals surface area contributed by atoms with E-state index in [0.29, 0.717) is 5.70 Å². The molecule has 1 aliphatic carbocycles. The smallest absolute Gasteiger partial charge is 0.0887 e. The Hall–Kier alpha value is -2.68. The summed E-state index contributed by atoms with van der Waals surface area (Å²) < 4.78 is 0. The van der Waals surface area contributed by atoms with Crippen molar-refractivity contribution >= 4 is 11.9 Å². The zero-order chi connectivity index (χ0) is 17.6. The van der Waals surface area contributed by atoms with Gasteiger partial charge in [-0.3, -0.25) is 4.99 Å². The number of benzene rings is 1. The molecule has 0 radical (unpaired) electrons. The maximum absolute atomic E-state index is 6.17. The lowest BCUT2D eigenvalue weighted by atomic mass is 10.1. The van der Waals surface area contributed by atoms with Gasteiger partial charge in [0.25, 0.3) is 0 Å². The molecule has 0 unspecified atom stereocenters. The van der Waals surface area contributed by atoms with Gasteiger partial charge in [0.1, 0.15) is 0 Å². The Bertz CT molecular complexity index is 816. The predicted octanol–water partition coefficient (Wildman–Crippen LogP) is 5.28. The van der Waals surface area contributed by atoms with Gasteiger partial charge in [0.05, 0.1) is 17.1 Å². The van der Waals surface area contributed by atoms with E-state index in [-0.39, 0.29) is 0 Å². The minimum absolute atomic E-state index is 0.668. The van der Waals surface area contributed by atoms with Crippen molar-refractivity contribution in [1.82, 2.24) is 4.98 Å². The third-order valence-corrected chi connectivity index (χ3v) is 4.62. The number of nitrogens with two attached hydrogens (primary N) is 1. The standard InChI is InChI=1S/C22H25N3/c1-16-13-14-21(25-22(16)18-9-5-3-6-10-18)17(2)24-15-19-11-7-4-8-12-20(19)23/h3,5-6,9-10,13-15H,2,4,7-8,11-12,23H2,1H3. The molecule has 0 fully saturated rings. The van der Waals surface area contributed by atoms with Crippen LogP contribution in [0.1, 0.15) is 43.4 Å². The van der Waals surface area contributed by atoms with Crippen LogP contribution in [0, 0.1) is 6.92 Å². The van der Waals surface area contributed by atoms with E-state index >= 15 is 0 Å². The summed E-state index contributed by atoms with van der Waals surface area (Å²) >= 11 is 0. The highest BCUT2D eigenvalue weighted by Gasteiger charge is 2.09. The van der Waals surface area contributed by atoms with Gasteiger partial charge in [0, 0.05) is 17.5 Å². The number of pyridine rings is 1.